The summed E-state index contributed by atoms with van der Waals surface area (Å²) in [6.07, 6.45) is 3.09. The quantitative estimate of drug-likeness (QED) is 0.714. The lowest BCUT2D eigenvalue weighted by molar-refractivity contribution is -0.129. The molecule has 2 saturated heterocycles. The van der Waals surface area contributed by atoms with Crippen molar-refractivity contribution in [3.63, 3.8) is 0 Å². The highest BCUT2D eigenvalue weighted by Crippen LogP contribution is 2.16. The first kappa shape index (κ1) is 10.9. The van der Waals surface area contributed by atoms with Crippen LogP contribution < -0.4 is 10.7 Å². The molecule has 2 fully saturated rings. The lowest BCUT2D eigenvalue weighted by Gasteiger charge is -2.22. The van der Waals surface area contributed by atoms with E-state index in [1.807, 2.05) is 5.01 Å². The second kappa shape index (κ2) is 4.49. The summed E-state index contributed by atoms with van der Waals surface area (Å²) >= 11 is 0. The molecule has 0 aromatic heterocycles. The lowest BCUT2D eigenvalue weighted by atomic mass is 10.0. The van der Waals surface area contributed by atoms with E-state index in [4.69, 9.17) is 0 Å². The highest BCUT2D eigenvalue weighted by molar-refractivity contribution is 5.78. The van der Waals surface area contributed by atoms with Crippen LogP contribution in [-0.2, 0) is 4.79 Å². The van der Waals surface area contributed by atoms with Gasteiger partial charge in [0.25, 0.3) is 0 Å². The minimum atomic E-state index is 0.252. The van der Waals surface area contributed by atoms with Crippen LogP contribution >= 0.6 is 0 Å². The van der Waals surface area contributed by atoms with Crippen molar-refractivity contribution in [2.45, 2.75) is 45.2 Å². The fraction of sp³-hybridized carbons (Fsp3) is 0.909. The van der Waals surface area contributed by atoms with Crippen LogP contribution in [0, 0.1) is 5.92 Å². The first-order chi connectivity index (χ1) is 7.16. The van der Waals surface area contributed by atoms with E-state index >= 15 is 0 Å². The highest BCUT2D eigenvalue weighted by atomic mass is 16.2. The molecule has 4 heteroatoms. The third-order valence-corrected chi connectivity index (χ3v) is 3.39. The Bertz CT molecular complexity index is 236. The molecule has 2 aliphatic heterocycles. The Labute approximate surface area is 91.4 Å². The predicted octanol–water partition coefficient (Wildman–Crippen LogP) is 0.500. The summed E-state index contributed by atoms with van der Waals surface area (Å²) in [4.78, 5) is 11.7. The molecule has 0 aliphatic carbocycles. The second-order valence-corrected chi connectivity index (χ2v) is 4.98. The Hall–Kier alpha value is -0.610. The largest absolute Gasteiger partial charge is 0.312 e. The maximum atomic E-state index is 11.7. The smallest absolute Gasteiger partial charge is 0.238 e. The van der Waals surface area contributed by atoms with Gasteiger partial charge < -0.3 is 5.32 Å². The first-order valence-corrected chi connectivity index (χ1v) is 5.96. The number of hydrogen-bond acceptors (Lipinski definition) is 3. The van der Waals surface area contributed by atoms with E-state index < -0.39 is 0 Å². The molecular weight excluding hydrogens is 190 g/mol. The Morgan fingerprint density at radius 1 is 1.53 bits per heavy atom. The van der Waals surface area contributed by atoms with Crippen molar-refractivity contribution in [3.8, 4) is 0 Å². The molecule has 2 aliphatic rings. The summed E-state index contributed by atoms with van der Waals surface area (Å²) in [5, 5.41) is 5.23. The number of amides is 1. The van der Waals surface area contributed by atoms with Crippen LogP contribution in [0.4, 0.5) is 0 Å². The molecule has 86 valence electrons. The van der Waals surface area contributed by atoms with Gasteiger partial charge in [-0.05, 0) is 25.3 Å². The number of nitrogens with zero attached hydrogens (tertiary/aromatic N) is 1. The fourth-order valence-corrected chi connectivity index (χ4v) is 2.29. The minimum Gasteiger partial charge on any atom is -0.312 e. The molecule has 2 rings (SSSR count). The molecule has 1 amide bonds. The van der Waals surface area contributed by atoms with Gasteiger partial charge in [-0.25, -0.2) is 5.43 Å². The summed E-state index contributed by atoms with van der Waals surface area (Å²) in [5.41, 5.74) is 3.31. The average molecular weight is 211 g/mol. The molecule has 2 unspecified atom stereocenters. The highest BCUT2D eigenvalue weighted by Gasteiger charge is 2.32. The maximum Gasteiger partial charge on any atom is 0.238 e. The molecule has 2 N–H and O–H groups in total. The lowest BCUT2D eigenvalue weighted by Crippen LogP contribution is -2.45. The van der Waals surface area contributed by atoms with Gasteiger partial charge in [0.15, 0.2) is 0 Å². The van der Waals surface area contributed by atoms with Crippen molar-refractivity contribution in [1.82, 2.24) is 15.8 Å². The van der Waals surface area contributed by atoms with Crippen LogP contribution in [0.25, 0.3) is 0 Å². The van der Waals surface area contributed by atoms with E-state index in [0.29, 0.717) is 24.4 Å². The van der Waals surface area contributed by atoms with E-state index in [2.05, 4.69) is 24.6 Å². The van der Waals surface area contributed by atoms with Crippen LogP contribution in [-0.4, -0.2) is 36.1 Å². The first-order valence-electron chi connectivity index (χ1n) is 5.96. The van der Waals surface area contributed by atoms with Crippen molar-refractivity contribution < 1.29 is 4.79 Å². The maximum absolute atomic E-state index is 11.7. The zero-order valence-corrected chi connectivity index (χ0v) is 9.62. The summed E-state index contributed by atoms with van der Waals surface area (Å²) < 4.78 is 0. The van der Waals surface area contributed by atoms with Crippen molar-refractivity contribution in [2.24, 2.45) is 5.92 Å². The second-order valence-electron chi connectivity index (χ2n) is 4.98. The number of hydrogen-bond donors (Lipinski definition) is 2. The van der Waals surface area contributed by atoms with E-state index in [1.54, 1.807) is 0 Å². The molecule has 0 saturated carbocycles. The topological polar surface area (TPSA) is 44.4 Å². The normalized spacial score (nSPS) is 31.9. The van der Waals surface area contributed by atoms with Crippen LogP contribution in [0.3, 0.4) is 0 Å². The summed E-state index contributed by atoms with van der Waals surface area (Å²) in [7, 11) is 0. The number of hydrazine groups is 1. The number of nitrogens with one attached hydrogen (secondary N) is 2. The zero-order valence-electron chi connectivity index (χ0n) is 9.62. The molecule has 0 radical (unpaired) electrons. The van der Waals surface area contributed by atoms with Gasteiger partial charge in [-0.15, -0.1) is 0 Å². The van der Waals surface area contributed by atoms with Crippen molar-refractivity contribution >= 4 is 5.91 Å². The van der Waals surface area contributed by atoms with Crippen molar-refractivity contribution in [3.05, 3.63) is 0 Å². The summed E-state index contributed by atoms with van der Waals surface area (Å²) in [6.45, 7) is 6.23. The number of rotatable bonds is 3. The van der Waals surface area contributed by atoms with Crippen molar-refractivity contribution in [1.29, 1.82) is 0 Å². The van der Waals surface area contributed by atoms with Gasteiger partial charge in [0.05, 0.1) is 6.54 Å². The van der Waals surface area contributed by atoms with Crippen LogP contribution in [0.15, 0.2) is 0 Å². The molecule has 0 aromatic carbocycles. The molecular formula is C11H21N3O. The molecule has 4 nitrogen and oxygen atoms in total. The van der Waals surface area contributed by atoms with Crippen LogP contribution in [0.5, 0.6) is 0 Å². The molecule has 15 heavy (non-hydrogen) atoms. The van der Waals surface area contributed by atoms with Gasteiger partial charge in [0, 0.05) is 18.5 Å². The van der Waals surface area contributed by atoms with Gasteiger partial charge in [0.1, 0.15) is 0 Å². The van der Waals surface area contributed by atoms with E-state index in [9.17, 15) is 4.79 Å². The molecule has 0 bridgehead atoms. The monoisotopic (exact) mass is 211 g/mol. The zero-order chi connectivity index (χ0) is 10.8. The van der Waals surface area contributed by atoms with Gasteiger partial charge in [0.2, 0.25) is 5.91 Å². The van der Waals surface area contributed by atoms with Gasteiger partial charge in [-0.1, -0.05) is 13.8 Å². The predicted molar refractivity (Wildman–Crippen MR) is 59.1 cm³/mol. The molecule has 0 aromatic rings. The number of carbonyl (C=O) groups is 1. The average Bonchev–Trinajstić information content (AvgIpc) is 2.77. The van der Waals surface area contributed by atoms with Crippen molar-refractivity contribution in [2.75, 3.05) is 13.1 Å². The Morgan fingerprint density at radius 2 is 2.33 bits per heavy atom. The van der Waals surface area contributed by atoms with Gasteiger partial charge in [-0.2, -0.15) is 0 Å². The minimum absolute atomic E-state index is 0.252. The third-order valence-electron chi connectivity index (χ3n) is 3.39. The molecule has 2 atom stereocenters. The number of carbonyl (C=O) groups excluding carboxylic acids is 1. The Balaban J connectivity index is 1.85. The standard InChI is InChI=1S/C11H21N3O/c1-8(2)10-6-11(15)14(13-10)7-9-4-3-5-12-9/h8-10,12-13H,3-7H2,1-2H3. The Morgan fingerprint density at radius 3 is 2.87 bits per heavy atom. The van der Waals surface area contributed by atoms with E-state index in [-0.39, 0.29) is 5.91 Å². The summed E-state index contributed by atoms with van der Waals surface area (Å²) in [5.74, 6) is 0.776. The van der Waals surface area contributed by atoms with Crippen LogP contribution in [0.1, 0.15) is 33.1 Å². The Kier molecular flexibility index (Phi) is 3.26. The summed E-state index contributed by atoms with van der Waals surface area (Å²) in [6, 6.07) is 0.825. The van der Waals surface area contributed by atoms with Gasteiger partial charge in [-0.3, -0.25) is 9.80 Å². The van der Waals surface area contributed by atoms with Gasteiger partial charge >= 0.3 is 0 Å². The van der Waals surface area contributed by atoms with Crippen LogP contribution in [0.2, 0.25) is 0 Å². The molecule has 0 spiro atoms. The van der Waals surface area contributed by atoms with E-state index in [0.717, 1.165) is 13.1 Å². The molecule has 2 heterocycles. The van der Waals surface area contributed by atoms with E-state index in [1.165, 1.54) is 12.8 Å². The third kappa shape index (κ3) is 2.49. The SMILES string of the molecule is CC(C)C1CC(=O)N(CC2CCCN2)N1. The fourth-order valence-electron chi connectivity index (χ4n) is 2.29.